The first-order chi connectivity index (χ1) is 9.83. The Morgan fingerprint density at radius 1 is 1.48 bits per heavy atom. The average Bonchev–Trinajstić information content (AvgIpc) is 3.21. The van der Waals surface area contributed by atoms with Crippen molar-refractivity contribution >= 4 is 27.6 Å². The number of nitrogens with one attached hydrogen (secondary N) is 1. The lowest BCUT2D eigenvalue weighted by molar-refractivity contribution is 0.0697. The van der Waals surface area contributed by atoms with Crippen molar-refractivity contribution in [2.24, 2.45) is 5.92 Å². The van der Waals surface area contributed by atoms with Gasteiger partial charge in [-0.1, -0.05) is 31.4 Å². The first-order valence-corrected chi connectivity index (χ1v) is 8.74. The maximum atomic E-state index is 12.3. The van der Waals surface area contributed by atoms with Crippen LogP contribution in [0.15, 0.2) is 23.1 Å². The molecule has 7 heteroatoms. The number of aromatic carboxylic acids is 1. The standard InChI is InChI=1S/C14H18ClNO4S/c1-2-10(7-9-3-4-9)16-21(19,20)11-5-6-12(14(17)18)13(15)8-11/h5-6,8-10,16H,2-4,7H2,1H3,(H,17,18). The molecule has 0 bridgehead atoms. The monoisotopic (exact) mass is 331 g/mol. The Hall–Kier alpha value is -1.11. The van der Waals surface area contributed by atoms with Crippen molar-refractivity contribution in [2.75, 3.05) is 0 Å². The molecule has 21 heavy (non-hydrogen) atoms. The van der Waals surface area contributed by atoms with Crippen molar-refractivity contribution in [1.29, 1.82) is 0 Å². The largest absolute Gasteiger partial charge is 0.478 e. The molecule has 0 radical (unpaired) electrons. The minimum absolute atomic E-state index is 0.00764. The highest BCUT2D eigenvalue weighted by Gasteiger charge is 2.28. The summed E-state index contributed by atoms with van der Waals surface area (Å²) in [6, 6.07) is 3.56. The van der Waals surface area contributed by atoms with Gasteiger partial charge in [0, 0.05) is 6.04 Å². The summed E-state index contributed by atoms with van der Waals surface area (Å²) in [5.74, 6) is -0.562. The van der Waals surface area contributed by atoms with Gasteiger partial charge in [-0.3, -0.25) is 0 Å². The normalized spacial score (nSPS) is 16.7. The number of hydrogen-bond acceptors (Lipinski definition) is 3. The van der Waals surface area contributed by atoms with E-state index in [9.17, 15) is 13.2 Å². The highest BCUT2D eigenvalue weighted by molar-refractivity contribution is 7.89. The fourth-order valence-electron chi connectivity index (χ4n) is 2.18. The van der Waals surface area contributed by atoms with Crippen LogP contribution in [0.5, 0.6) is 0 Å². The molecule has 116 valence electrons. The topological polar surface area (TPSA) is 83.5 Å². The van der Waals surface area contributed by atoms with Crippen molar-refractivity contribution in [1.82, 2.24) is 4.72 Å². The predicted octanol–water partition coefficient (Wildman–Crippen LogP) is 2.90. The molecule has 0 heterocycles. The fourth-order valence-corrected chi connectivity index (χ4v) is 3.86. The van der Waals surface area contributed by atoms with E-state index in [0.29, 0.717) is 5.92 Å². The second-order valence-corrected chi connectivity index (χ2v) is 7.47. The van der Waals surface area contributed by atoms with Gasteiger partial charge in [-0.15, -0.1) is 0 Å². The molecular weight excluding hydrogens is 314 g/mol. The lowest BCUT2D eigenvalue weighted by atomic mass is 10.1. The average molecular weight is 332 g/mol. The number of carbonyl (C=O) groups is 1. The van der Waals surface area contributed by atoms with Gasteiger partial charge in [0.05, 0.1) is 15.5 Å². The molecule has 1 aliphatic carbocycles. The van der Waals surface area contributed by atoms with Crippen LogP contribution < -0.4 is 4.72 Å². The summed E-state index contributed by atoms with van der Waals surface area (Å²) in [6.45, 7) is 1.94. The molecule has 0 spiro atoms. The van der Waals surface area contributed by atoms with E-state index in [1.807, 2.05) is 6.92 Å². The van der Waals surface area contributed by atoms with E-state index in [2.05, 4.69) is 4.72 Å². The molecule has 5 nitrogen and oxygen atoms in total. The zero-order valence-electron chi connectivity index (χ0n) is 11.7. The van der Waals surface area contributed by atoms with Crippen LogP contribution in [0.1, 0.15) is 43.0 Å². The first kappa shape index (κ1) is 16.3. The number of carboxylic acid groups (broad SMARTS) is 1. The van der Waals surface area contributed by atoms with Crippen LogP contribution in [0.3, 0.4) is 0 Å². The van der Waals surface area contributed by atoms with Gasteiger partial charge >= 0.3 is 5.97 Å². The second kappa shape index (κ2) is 6.34. The van der Waals surface area contributed by atoms with E-state index in [4.69, 9.17) is 16.7 Å². The van der Waals surface area contributed by atoms with Crippen molar-refractivity contribution in [3.05, 3.63) is 28.8 Å². The van der Waals surface area contributed by atoms with E-state index in [1.54, 1.807) is 0 Å². The molecule has 1 unspecified atom stereocenters. The van der Waals surface area contributed by atoms with Gasteiger partial charge in [0.1, 0.15) is 0 Å². The Morgan fingerprint density at radius 3 is 2.62 bits per heavy atom. The Balaban J connectivity index is 2.18. The summed E-state index contributed by atoms with van der Waals surface area (Å²) in [4.78, 5) is 10.9. The van der Waals surface area contributed by atoms with Crippen molar-refractivity contribution < 1.29 is 18.3 Å². The van der Waals surface area contributed by atoms with Gasteiger partial charge in [0.2, 0.25) is 10.0 Å². The lowest BCUT2D eigenvalue weighted by Crippen LogP contribution is -2.34. The molecule has 1 atom stereocenters. The Labute approximate surface area is 129 Å². The minimum Gasteiger partial charge on any atom is -0.478 e. The van der Waals surface area contributed by atoms with Gasteiger partial charge in [0.25, 0.3) is 0 Å². The zero-order chi connectivity index (χ0) is 15.6. The molecular formula is C14H18ClNO4S. The van der Waals surface area contributed by atoms with Crippen molar-refractivity contribution in [2.45, 2.75) is 43.5 Å². The van der Waals surface area contributed by atoms with Crippen LogP contribution >= 0.6 is 11.6 Å². The molecule has 0 saturated heterocycles. The first-order valence-electron chi connectivity index (χ1n) is 6.88. The van der Waals surface area contributed by atoms with Gasteiger partial charge < -0.3 is 5.11 Å². The van der Waals surface area contributed by atoms with Crippen LogP contribution in [0.4, 0.5) is 0 Å². The van der Waals surface area contributed by atoms with E-state index >= 15 is 0 Å². The molecule has 1 fully saturated rings. The number of hydrogen-bond donors (Lipinski definition) is 2. The third-order valence-electron chi connectivity index (χ3n) is 3.61. The maximum absolute atomic E-state index is 12.3. The summed E-state index contributed by atoms with van der Waals surface area (Å²) in [5.41, 5.74) is -0.111. The Bertz CT molecular complexity index is 640. The molecule has 1 aliphatic rings. The summed E-state index contributed by atoms with van der Waals surface area (Å²) < 4.78 is 27.3. The van der Waals surface area contributed by atoms with E-state index < -0.39 is 16.0 Å². The molecule has 1 saturated carbocycles. The summed E-state index contributed by atoms with van der Waals surface area (Å²) >= 11 is 5.82. The summed E-state index contributed by atoms with van der Waals surface area (Å²) in [7, 11) is -3.68. The zero-order valence-corrected chi connectivity index (χ0v) is 13.2. The quantitative estimate of drug-likeness (QED) is 0.804. The highest BCUT2D eigenvalue weighted by atomic mass is 35.5. The number of halogens is 1. The van der Waals surface area contributed by atoms with Gasteiger partial charge in [-0.25, -0.2) is 17.9 Å². The van der Waals surface area contributed by atoms with Crippen LogP contribution in [0.2, 0.25) is 5.02 Å². The molecule has 1 aromatic carbocycles. The highest BCUT2D eigenvalue weighted by Crippen LogP contribution is 2.34. The molecule has 0 amide bonds. The van der Waals surface area contributed by atoms with Crippen LogP contribution in [-0.2, 0) is 10.0 Å². The van der Waals surface area contributed by atoms with Gasteiger partial charge in [-0.05, 0) is 37.0 Å². The molecule has 2 N–H and O–H groups in total. The van der Waals surface area contributed by atoms with Crippen molar-refractivity contribution in [3.63, 3.8) is 0 Å². The Kier molecular flexibility index (Phi) is 4.91. The van der Waals surface area contributed by atoms with Crippen molar-refractivity contribution in [3.8, 4) is 0 Å². The molecule has 0 aromatic heterocycles. The summed E-state index contributed by atoms with van der Waals surface area (Å²) in [5, 5.41) is 8.82. The fraction of sp³-hybridized carbons (Fsp3) is 0.500. The SMILES string of the molecule is CCC(CC1CC1)NS(=O)(=O)c1ccc(C(=O)O)c(Cl)c1. The minimum atomic E-state index is -3.68. The third kappa shape index (κ3) is 4.18. The number of carboxylic acids is 1. The van der Waals surface area contributed by atoms with E-state index in [-0.39, 0.29) is 21.5 Å². The maximum Gasteiger partial charge on any atom is 0.337 e. The van der Waals surface area contributed by atoms with Gasteiger partial charge in [0.15, 0.2) is 0 Å². The molecule has 2 rings (SSSR count). The Morgan fingerprint density at radius 2 is 2.14 bits per heavy atom. The smallest absolute Gasteiger partial charge is 0.337 e. The molecule has 1 aromatic rings. The third-order valence-corrected chi connectivity index (χ3v) is 5.44. The van der Waals surface area contributed by atoms with Crippen LogP contribution in [0, 0.1) is 5.92 Å². The predicted molar refractivity (Wildman–Crippen MR) is 80.2 cm³/mol. The van der Waals surface area contributed by atoms with E-state index in [1.165, 1.54) is 18.2 Å². The van der Waals surface area contributed by atoms with Gasteiger partial charge in [-0.2, -0.15) is 0 Å². The summed E-state index contributed by atoms with van der Waals surface area (Å²) in [6.07, 6.45) is 3.89. The molecule has 0 aliphatic heterocycles. The lowest BCUT2D eigenvalue weighted by Gasteiger charge is -2.17. The number of rotatable bonds is 7. The van der Waals surface area contributed by atoms with Crippen LogP contribution in [0.25, 0.3) is 0 Å². The number of sulfonamides is 1. The number of benzene rings is 1. The van der Waals surface area contributed by atoms with Crippen LogP contribution in [-0.4, -0.2) is 25.5 Å². The van der Waals surface area contributed by atoms with E-state index in [0.717, 1.165) is 25.7 Å². The second-order valence-electron chi connectivity index (χ2n) is 5.35.